The molecule has 2 heterocycles. The topological polar surface area (TPSA) is 69.6 Å². The van der Waals surface area contributed by atoms with Gasteiger partial charge in [0.15, 0.2) is 0 Å². The minimum Gasteiger partial charge on any atom is -0.465 e. The van der Waals surface area contributed by atoms with Gasteiger partial charge in [-0.2, -0.15) is 0 Å². The van der Waals surface area contributed by atoms with E-state index in [1.54, 1.807) is 22.7 Å². The summed E-state index contributed by atoms with van der Waals surface area (Å²) < 4.78 is 0. The fourth-order valence-corrected chi connectivity index (χ4v) is 4.80. The molecular formula is C18H24N2O3S3. The van der Waals surface area contributed by atoms with E-state index in [0.717, 1.165) is 29.0 Å². The summed E-state index contributed by atoms with van der Waals surface area (Å²) in [5.41, 5.74) is 0. The van der Waals surface area contributed by atoms with Gasteiger partial charge in [-0.05, 0) is 29.3 Å². The molecule has 0 aromatic carbocycles. The highest BCUT2D eigenvalue weighted by Crippen LogP contribution is 2.22. The number of unbranched alkanes of at least 4 members (excludes halogenated alkanes) is 1. The minimum absolute atomic E-state index is 0.0134. The summed E-state index contributed by atoms with van der Waals surface area (Å²) >= 11 is 4.47. The maximum atomic E-state index is 12.8. The van der Waals surface area contributed by atoms with Crippen LogP contribution >= 0.6 is 34.4 Å². The van der Waals surface area contributed by atoms with Gasteiger partial charge in [0.1, 0.15) is 0 Å². The molecular weight excluding hydrogens is 388 g/mol. The van der Waals surface area contributed by atoms with Crippen LogP contribution in [-0.2, 0) is 13.1 Å². The molecule has 0 spiro atoms. The average Bonchev–Trinajstić information content (AvgIpc) is 3.30. The SMILES string of the molecule is CCCC[C@@H](CSC(=O)N(Cc1cccs1)Cc1cccs1)NC(=O)O. The van der Waals surface area contributed by atoms with E-state index >= 15 is 0 Å². The molecule has 2 rings (SSSR count). The summed E-state index contributed by atoms with van der Waals surface area (Å²) in [7, 11) is 0. The Morgan fingerprint density at radius 2 is 1.81 bits per heavy atom. The van der Waals surface area contributed by atoms with Crippen LogP contribution in [0.4, 0.5) is 9.59 Å². The lowest BCUT2D eigenvalue weighted by Gasteiger charge is -2.22. The van der Waals surface area contributed by atoms with Gasteiger partial charge in [0, 0.05) is 21.5 Å². The van der Waals surface area contributed by atoms with Crippen LogP contribution in [0.25, 0.3) is 0 Å². The highest BCUT2D eigenvalue weighted by Gasteiger charge is 2.19. The summed E-state index contributed by atoms with van der Waals surface area (Å²) in [5.74, 6) is 0.455. The van der Waals surface area contributed by atoms with Crippen molar-refractivity contribution in [3.63, 3.8) is 0 Å². The maximum absolute atomic E-state index is 12.8. The van der Waals surface area contributed by atoms with Crippen molar-refractivity contribution in [2.24, 2.45) is 0 Å². The van der Waals surface area contributed by atoms with E-state index in [-0.39, 0.29) is 11.3 Å². The number of nitrogens with zero attached hydrogens (tertiary/aromatic N) is 1. The molecule has 26 heavy (non-hydrogen) atoms. The number of thioether (sulfide) groups is 1. The van der Waals surface area contributed by atoms with Crippen LogP contribution in [0, 0.1) is 0 Å². The molecule has 2 amide bonds. The molecule has 2 N–H and O–H groups in total. The molecule has 0 bridgehead atoms. The fourth-order valence-electron chi connectivity index (χ4n) is 2.45. The first-order valence-electron chi connectivity index (χ1n) is 8.54. The Kier molecular flexibility index (Phi) is 9.00. The number of hydrogen-bond donors (Lipinski definition) is 2. The Morgan fingerprint density at radius 3 is 2.27 bits per heavy atom. The maximum Gasteiger partial charge on any atom is 0.404 e. The van der Waals surface area contributed by atoms with Crippen LogP contribution in [0.2, 0.25) is 0 Å². The molecule has 5 nitrogen and oxygen atoms in total. The summed E-state index contributed by atoms with van der Waals surface area (Å²) in [4.78, 5) is 27.9. The second-order valence-corrected chi connectivity index (χ2v) is 8.92. The third kappa shape index (κ3) is 7.39. The van der Waals surface area contributed by atoms with E-state index in [1.807, 2.05) is 39.9 Å². The quantitative estimate of drug-likeness (QED) is 0.541. The Balaban J connectivity index is 1.96. The van der Waals surface area contributed by atoms with Crippen LogP contribution in [0.15, 0.2) is 35.0 Å². The number of nitrogens with one attached hydrogen (secondary N) is 1. The van der Waals surface area contributed by atoms with Gasteiger partial charge in [-0.15, -0.1) is 22.7 Å². The number of thiophene rings is 2. The minimum atomic E-state index is -1.03. The molecule has 0 aliphatic rings. The Hall–Kier alpha value is -1.51. The first-order valence-corrected chi connectivity index (χ1v) is 11.3. The van der Waals surface area contributed by atoms with Gasteiger partial charge in [-0.3, -0.25) is 4.79 Å². The smallest absolute Gasteiger partial charge is 0.404 e. The van der Waals surface area contributed by atoms with Crippen molar-refractivity contribution in [2.75, 3.05) is 5.75 Å². The van der Waals surface area contributed by atoms with Crippen molar-refractivity contribution >= 4 is 45.8 Å². The number of carbonyl (C=O) groups is 2. The van der Waals surface area contributed by atoms with Gasteiger partial charge in [0.2, 0.25) is 0 Å². The van der Waals surface area contributed by atoms with Crippen LogP contribution in [0.5, 0.6) is 0 Å². The highest BCUT2D eigenvalue weighted by atomic mass is 32.2. The number of hydrogen-bond acceptors (Lipinski definition) is 5. The van der Waals surface area contributed by atoms with Crippen molar-refractivity contribution in [1.29, 1.82) is 0 Å². The van der Waals surface area contributed by atoms with E-state index in [1.165, 1.54) is 11.8 Å². The van der Waals surface area contributed by atoms with Crippen LogP contribution in [0.1, 0.15) is 35.9 Å². The molecule has 1 atom stereocenters. The second-order valence-electron chi connectivity index (χ2n) is 5.88. The van der Waals surface area contributed by atoms with Gasteiger partial charge >= 0.3 is 6.09 Å². The predicted octanol–water partition coefficient (Wildman–Crippen LogP) is 5.49. The van der Waals surface area contributed by atoms with E-state index in [9.17, 15) is 9.59 Å². The van der Waals surface area contributed by atoms with Gasteiger partial charge in [0.05, 0.1) is 13.1 Å². The molecule has 8 heteroatoms. The van der Waals surface area contributed by atoms with Gasteiger partial charge in [-0.1, -0.05) is 43.7 Å². The van der Waals surface area contributed by atoms with E-state index < -0.39 is 6.09 Å². The van der Waals surface area contributed by atoms with Crippen molar-refractivity contribution < 1.29 is 14.7 Å². The van der Waals surface area contributed by atoms with E-state index in [2.05, 4.69) is 12.2 Å². The van der Waals surface area contributed by atoms with Crippen LogP contribution in [-0.4, -0.2) is 33.1 Å². The first kappa shape index (κ1) is 20.8. The van der Waals surface area contributed by atoms with E-state index in [4.69, 9.17) is 5.11 Å². The van der Waals surface area contributed by atoms with Gasteiger partial charge < -0.3 is 15.3 Å². The molecule has 0 unspecified atom stereocenters. The Bertz CT molecular complexity index is 623. The standard InChI is InChI=1S/C18H24N2O3S3/c1-2-3-6-14(19-17(21)22)13-26-18(23)20(11-15-7-4-9-24-15)12-16-8-5-10-25-16/h4-5,7-10,14,19H,2-3,6,11-13H2,1H3,(H,21,22)/t14-/m0/s1. The van der Waals surface area contributed by atoms with Gasteiger partial charge in [-0.25, -0.2) is 4.79 Å². The molecule has 0 saturated heterocycles. The lowest BCUT2D eigenvalue weighted by atomic mass is 10.1. The summed E-state index contributed by atoms with van der Waals surface area (Å²) in [5, 5.41) is 15.5. The number of carboxylic acid groups (broad SMARTS) is 1. The normalized spacial score (nSPS) is 11.9. The first-order chi connectivity index (χ1) is 12.6. The van der Waals surface area contributed by atoms with Crippen molar-refractivity contribution in [1.82, 2.24) is 10.2 Å². The third-order valence-electron chi connectivity index (χ3n) is 3.75. The summed E-state index contributed by atoms with van der Waals surface area (Å²) in [6, 6.07) is 7.82. The van der Waals surface area contributed by atoms with E-state index in [0.29, 0.717) is 18.8 Å². The van der Waals surface area contributed by atoms with Crippen molar-refractivity contribution in [3.8, 4) is 0 Å². The van der Waals surface area contributed by atoms with Crippen LogP contribution < -0.4 is 5.32 Å². The molecule has 142 valence electrons. The molecule has 0 radical (unpaired) electrons. The number of rotatable bonds is 10. The third-order valence-corrected chi connectivity index (χ3v) is 6.55. The zero-order chi connectivity index (χ0) is 18.8. The second kappa shape index (κ2) is 11.3. The zero-order valence-electron chi connectivity index (χ0n) is 14.7. The summed E-state index contributed by atoms with van der Waals surface area (Å²) in [6.07, 6.45) is 1.65. The average molecular weight is 413 g/mol. The Morgan fingerprint density at radius 1 is 1.19 bits per heavy atom. The molecule has 0 aliphatic heterocycles. The fraction of sp³-hybridized carbons (Fsp3) is 0.444. The number of amides is 2. The molecule has 0 saturated carbocycles. The number of carbonyl (C=O) groups excluding carboxylic acids is 1. The van der Waals surface area contributed by atoms with Crippen molar-refractivity contribution in [3.05, 3.63) is 44.8 Å². The largest absolute Gasteiger partial charge is 0.465 e. The lowest BCUT2D eigenvalue weighted by Crippen LogP contribution is -2.36. The monoisotopic (exact) mass is 412 g/mol. The lowest BCUT2D eigenvalue weighted by molar-refractivity contribution is 0.190. The highest BCUT2D eigenvalue weighted by molar-refractivity contribution is 8.13. The molecule has 2 aromatic rings. The molecule has 2 aromatic heterocycles. The molecule has 0 aliphatic carbocycles. The van der Waals surface area contributed by atoms with Gasteiger partial charge in [0.25, 0.3) is 5.24 Å². The van der Waals surface area contributed by atoms with Crippen molar-refractivity contribution in [2.45, 2.75) is 45.3 Å². The molecule has 0 fully saturated rings. The predicted molar refractivity (Wildman–Crippen MR) is 110 cm³/mol. The zero-order valence-corrected chi connectivity index (χ0v) is 17.2. The van der Waals surface area contributed by atoms with Crippen LogP contribution in [0.3, 0.4) is 0 Å². The Labute approximate surface area is 166 Å². The summed E-state index contributed by atoms with van der Waals surface area (Å²) in [6.45, 7) is 3.22.